The molecule has 194 valence electrons. The first-order valence-electron chi connectivity index (χ1n) is 11.8. The van der Waals surface area contributed by atoms with E-state index in [9.17, 15) is 14.7 Å². The normalized spacial score (nSPS) is 13.1. The van der Waals surface area contributed by atoms with Gasteiger partial charge in [-0.3, -0.25) is 4.79 Å². The molecule has 0 aliphatic carbocycles. The van der Waals surface area contributed by atoms with Gasteiger partial charge in [0.15, 0.2) is 11.5 Å². The molecule has 3 aromatic rings. The molecule has 0 spiro atoms. The standard InChI is InChI=1S/C28H30N2O7/c1-34-24-12-9-20(25(35-2)26(24)36-3)18-30(27(31)19-7-5-4-6-8-19)21-10-11-23(22(17-21)28(32)33)29-13-15-37-16-14-29/h4-12,17H,13-16,18H2,1-3H3,(H,32,33). The lowest BCUT2D eigenvalue weighted by atomic mass is 10.1. The molecular weight excluding hydrogens is 476 g/mol. The molecule has 1 amide bonds. The SMILES string of the molecule is COc1ccc(CN(C(=O)c2ccccc2)c2ccc(N3CCOCC3)c(C(=O)O)c2)c(OC)c1OC. The summed E-state index contributed by atoms with van der Waals surface area (Å²) < 4.78 is 22.0. The van der Waals surface area contributed by atoms with E-state index in [0.717, 1.165) is 0 Å². The second-order valence-corrected chi connectivity index (χ2v) is 8.36. The summed E-state index contributed by atoms with van der Waals surface area (Å²) in [7, 11) is 4.57. The molecular formula is C28H30N2O7. The molecule has 1 heterocycles. The highest BCUT2D eigenvalue weighted by Crippen LogP contribution is 2.41. The summed E-state index contributed by atoms with van der Waals surface area (Å²) in [6.07, 6.45) is 0. The zero-order valence-electron chi connectivity index (χ0n) is 21.1. The van der Waals surface area contributed by atoms with Crippen LogP contribution in [0.2, 0.25) is 0 Å². The zero-order chi connectivity index (χ0) is 26.4. The minimum Gasteiger partial charge on any atom is -0.493 e. The molecule has 0 radical (unpaired) electrons. The van der Waals surface area contributed by atoms with Gasteiger partial charge in [-0.2, -0.15) is 0 Å². The van der Waals surface area contributed by atoms with Crippen molar-refractivity contribution in [3.05, 3.63) is 77.4 Å². The van der Waals surface area contributed by atoms with Crippen molar-refractivity contribution in [2.45, 2.75) is 6.54 Å². The molecule has 0 atom stereocenters. The van der Waals surface area contributed by atoms with Gasteiger partial charge in [-0.15, -0.1) is 0 Å². The number of anilines is 2. The van der Waals surface area contributed by atoms with Gasteiger partial charge < -0.3 is 33.9 Å². The van der Waals surface area contributed by atoms with Gasteiger partial charge in [0.1, 0.15) is 0 Å². The number of aromatic carboxylic acids is 1. The van der Waals surface area contributed by atoms with E-state index >= 15 is 0 Å². The Bertz CT molecular complexity index is 1260. The monoisotopic (exact) mass is 506 g/mol. The molecule has 0 aromatic heterocycles. The first-order chi connectivity index (χ1) is 18.0. The number of nitrogens with zero attached hydrogens (tertiary/aromatic N) is 2. The molecule has 3 aromatic carbocycles. The van der Waals surface area contributed by atoms with Crippen LogP contribution in [0.1, 0.15) is 26.3 Å². The second-order valence-electron chi connectivity index (χ2n) is 8.36. The average Bonchev–Trinajstić information content (AvgIpc) is 2.95. The van der Waals surface area contributed by atoms with Crippen LogP contribution in [-0.2, 0) is 11.3 Å². The van der Waals surface area contributed by atoms with Crippen molar-refractivity contribution in [2.24, 2.45) is 0 Å². The van der Waals surface area contributed by atoms with E-state index in [1.165, 1.54) is 26.2 Å². The van der Waals surface area contributed by atoms with E-state index in [1.54, 1.807) is 54.6 Å². The first kappa shape index (κ1) is 25.8. The summed E-state index contributed by atoms with van der Waals surface area (Å²) in [5.41, 5.74) is 2.29. The number of methoxy groups -OCH3 is 3. The molecule has 9 nitrogen and oxygen atoms in total. The maximum absolute atomic E-state index is 13.7. The van der Waals surface area contributed by atoms with Gasteiger partial charge in [0.2, 0.25) is 5.75 Å². The lowest BCUT2D eigenvalue weighted by Gasteiger charge is -2.31. The summed E-state index contributed by atoms with van der Waals surface area (Å²) in [4.78, 5) is 29.5. The molecule has 1 aliphatic heterocycles. The van der Waals surface area contributed by atoms with E-state index in [0.29, 0.717) is 66.1 Å². The van der Waals surface area contributed by atoms with Crippen molar-refractivity contribution in [1.29, 1.82) is 0 Å². The quantitative estimate of drug-likeness (QED) is 0.464. The topological polar surface area (TPSA) is 97.8 Å². The summed E-state index contributed by atoms with van der Waals surface area (Å²) in [5.74, 6) is -0.0290. The highest BCUT2D eigenvalue weighted by molar-refractivity contribution is 6.07. The second kappa shape index (κ2) is 11.7. The number of amides is 1. The zero-order valence-corrected chi connectivity index (χ0v) is 21.1. The molecule has 1 N–H and O–H groups in total. The Kier molecular flexibility index (Phi) is 8.15. The van der Waals surface area contributed by atoms with Crippen LogP contribution in [0, 0.1) is 0 Å². The van der Waals surface area contributed by atoms with Gasteiger partial charge in [0, 0.05) is 29.9 Å². The fourth-order valence-electron chi connectivity index (χ4n) is 4.42. The van der Waals surface area contributed by atoms with Crippen LogP contribution in [0.15, 0.2) is 60.7 Å². The van der Waals surface area contributed by atoms with Crippen LogP contribution < -0.4 is 24.0 Å². The van der Waals surface area contributed by atoms with E-state index < -0.39 is 5.97 Å². The van der Waals surface area contributed by atoms with Crippen molar-refractivity contribution in [3.63, 3.8) is 0 Å². The van der Waals surface area contributed by atoms with Crippen molar-refractivity contribution in [2.75, 3.05) is 57.4 Å². The highest BCUT2D eigenvalue weighted by atomic mass is 16.5. The molecule has 1 fully saturated rings. The van der Waals surface area contributed by atoms with Gasteiger partial charge in [-0.25, -0.2) is 4.79 Å². The predicted octanol–water partition coefficient (Wildman–Crippen LogP) is 4.09. The van der Waals surface area contributed by atoms with Crippen LogP contribution >= 0.6 is 0 Å². The third kappa shape index (κ3) is 5.46. The highest BCUT2D eigenvalue weighted by Gasteiger charge is 2.26. The molecule has 0 unspecified atom stereocenters. The van der Waals surface area contributed by atoms with Crippen LogP contribution in [0.4, 0.5) is 11.4 Å². The smallest absolute Gasteiger partial charge is 0.337 e. The third-order valence-electron chi connectivity index (χ3n) is 6.25. The lowest BCUT2D eigenvalue weighted by Crippen LogP contribution is -2.37. The summed E-state index contributed by atoms with van der Waals surface area (Å²) in [6.45, 7) is 2.34. The largest absolute Gasteiger partial charge is 0.493 e. The maximum atomic E-state index is 13.7. The number of carboxylic acid groups (broad SMARTS) is 1. The number of hydrogen-bond donors (Lipinski definition) is 1. The van der Waals surface area contributed by atoms with Crippen molar-refractivity contribution < 1.29 is 33.6 Å². The Morgan fingerprint density at radius 3 is 2.24 bits per heavy atom. The minimum absolute atomic E-state index is 0.104. The van der Waals surface area contributed by atoms with Gasteiger partial charge in [-0.05, 0) is 42.5 Å². The van der Waals surface area contributed by atoms with Gasteiger partial charge in [0.05, 0.1) is 52.3 Å². The molecule has 0 saturated carbocycles. The van der Waals surface area contributed by atoms with E-state index in [1.807, 2.05) is 11.0 Å². The average molecular weight is 507 g/mol. The number of ether oxygens (including phenoxy) is 4. The summed E-state index contributed by atoms with van der Waals surface area (Å²) >= 11 is 0. The van der Waals surface area contributed by atoms with Crippen LogP contribution in [-0.4, -0.2) is 64.6 Å². The predicted molar refractivity (Wildman–Crippen MR) is 139 cm³/mol. The fourth-order valence-corrected chi connectivity index (χ4v) is 4.42. The van der Waals surface area contributed by atoms with Gasteiger partial charge >= 0.3 is 5.97 Å². The number of carbonyl (C=O) groups excluding carboxylic acids is 1. The first-order valence-corrected chi connectivity index (χ1v) is 11.8. The van der Waals surface area contributed by atoms with E-state index in [4.69, 9.17) is 18.9 Å². The van der Waals surface area contributed by atoms with Crippen LogP contribution in [0.5, 0.6) is 17.2 Å². The van der Waals surface area contributed by atoms with Gasteiger partial charge in [0.25, 0.3) is 5.91 Å². The molecule has 1 saturated heterocycles. The molecule has 9 heteroatoms. The minimum atomic E-state index is -1.07. The Morgan fingerprint density at radius 2 is 1.62 bits per heavy atom. The van der Waals surface area contributed by atoms with Crippen molar-refractivity contribution >= 4 is 23.3 Å². The molecule has 1 aliphatic rings. The number of benzene rings is 3. The molecule has 37 heavy (non-hydrogen) atoms. The number of rotatable bonds is 9. The molecule has 4 rings (SSSR count). The Balaban J connectivity index is 1.81. The molecule has 0 bridgehead atoms. The summed E-state index contributed by atoms with van der Waals surface area (Å²) in [5, 5.41) is 10.0. The van der Waals surface area contributed by atoms with E-state index in [2.05, 4.69) is 0 Å². The fraction of sp³-hybridized carbons (Fsp3) is 0.286. The Hall–Kier alpha value is -4.24. The number of carboxylic acids is 1. The van der Waals surface area contributed by atoms with Crippen molar-refractivity contribution in [3.8, 4) is 17.2 Å². The van der Waals surface area contributed by atoms with Crippen LogP contribution in [0.3, 0.4) is 0 Å². The third-order valence-corrected chi connectivity index (χ3v) is 6.25. The number of morpholine rings is 1. The van der Waals surface area contributed by atoms with Crippen molar-refractivity contribution in [1.82, 2.24) is 0 Å². The Labute approximate surface area is 215 Å². The lowest BCUT2D eigenvalue weighted by molar-refractivity contribution is 0.0695. The van der Waals surface area contributed by atoms with Gasteiger partial charge in [-0.1, -0.05) is 18.2 Å². The number of carbonyl (C=O) groups is 2. The maximum Gasteiger partial charge on any atom is 0.337 e. The Morgan fingerprint density at radius 1 is 0.919 bits per heavy atom. The van der Waals surface area contributed by atoms with E-state index in [-0.39, 0.29) is 18.0 Å². The number of hydrogen-bond acceptors (Lipinski definition) is 7. The van der Waals surface area contributed by atoms with Crippen LogP contribution in [0.25, 0.3) is 0 Å². The summed E-state index contributed by atoms with van der Waals surface area (Å²) in [6, 6.07) is 17.4.